The van der Waals surface area contributed by atoms with E-state index in [4.69, 9.17) is 5.11 Å². The molecule has 0 aromatic carbocycles. The zero-order valence-electron chi connectivity index (χ0n) is 7.41. The molecule has 3 heteroatoms. The Bertz CT molecular complexity index is 248. The number of aromatic hydroxyl groups is 1. The average Bonchev–Trinajstić information content (AvgIpc) is 2.01. The molecule has 0 fully saturated rings. The van der Waals surface area contributed by atoms with Gasteiger partial charge in [0.15, 0.2) is 0 Å². The van der Waals surface area contributed by atoms with Crippen molar-refractivity contribution in [2.75, 3.05) is 0 Å². The van der Waals surface area contributed by atoms with Crippen molar-refractivity contribution in [1.29, 1.82) is 0 Å². The molecule has 0 bridgehead atoms. The van der Waals surface area contributed by atoms with Crippen LogP contribution in [0.2, 0.25) is 0 Å². The van der Waals surface area contributed by atoms with Crippen molar-refractivity contribution in [3.05, 3.63) is 24.0 Å². The molecule has 1 aromatic rings. The number of nitrogens with zero attached hydrogens (tertiary/aromatic N) is 1. The van der Waals surface area contributed by atoms with E-state index in [9.17, 15) is 0 Å². The van der Waals surface area contributed by atoms with Crippen LogP contribution in [0.3, 0.4) is 0 Å². The Morgan fingerprint density at radius 3 is 2.83 bits per heavy atom. The van der Waals surface area contributed by atoms with Crippen molar-refractivity contribution in [2.45, 2.75) is 26.4 Å². The molecule has 0 radical (unpaired) electrons. The summed E-state index contributed by atoms with van der Waals surface area (Å²) in [6.45, 7) is 4.91. The van der Waals surface area contributed by atoms with Gasteiger partial charge in [0.1, 0.15) is 5.75 Å². The Hall–Kier alpha value is -1.09. The molecule has 0 unspecified atom stereocenters. The van der Waals surface area contributed by atoms with Gasteiger partial charge in [-0.2, -0.15) is 0 Å². The van der Waals surface area contributed by atoms with Crippen LogP contribution in [0, 0.1) is 0 Å². The van der Waals surface area contributed by atoms with E-state index in [-0.39, 0.29) is 5.75 Å². The van der Waals surface area contributed by atoms with Crippen LogP contribution in [0.25, 0.3) is 0 Å². The quantitative estimate of drug-likeness (QED) is 0.711. The molecule has 0 aliphatic rings. The molecular weight excluding hydrogens is 152 g/mol. The lowest BCUT2D eigenvalue weighted by Gasteiger charge is -2.07. The van der Waals surface area contributed by atoms with Gasteiger partial charge in [-0.1, -0.05) is 13.8 Å². The molecule has 0 spiro atoms. The summed E-state index contributed by atoms with van der Waals surface area (Å²) in [4.78, 5) is 3.87. The van der Waals surface area contributed by atoms with Crippen molar-refractivity contribution in [3.8, 4) is 5.75 Å². The Balaban J connectivity index is 2.52. The van der Waals surface area contributed by atoms with Crippen LogP contribution in [-0.4, -0.2) is 16.1 Å². The summed E-state index contributed by atoms with van der Waals surface area (Å²) in [5.74, 6) is 0.220. The fourth-order valence-electron chi connectivity index (χ4n) is 0.893. The monoisotopic (exact) mass is 166 g/mol. The Labute approximate surface area is 72.5 Å². The second-order valence-corrected chi connectivity index (χ2v) is 3.09. The van der Waals surface area contributed by atoms with Crippen molar-refractivity contribution >= 4 is 0 Å². The molecule has 2 N–H and O–H groups in total. The van der Waals surface area contributed by atoms with Crippen LogP contribution in [0.4, 0.5) is 0 Å². The predicted octanol–water partition coefficient (Wildman–Crippen LogP) is 1.29. The van der Waals surface area contributed by atoms with Gasteiger partial charge in [0, 0.05) is 18.8 Å². The fraction of sp³-hybridized carbons (Fsp3) is 0.444. The van der Waals surface area contributed by atoms with Crippen LogP contribution >= 0.6 is 0 Å². The van der Waals surface area contributed by atoms with E-state index in [1.54, 1.807) is 12.3 Å². The number of pyridine rings is 1. The number of rotatable bonds is 3. The predicted molar refractivity (Wildman–Crippen MR) is 47.9 cm³/mol. The summed E-state index contributed by atoms with van der Waals surface area (Å²) in [6, 6.07) is 2.16. The third-order valence-electron chi connectivity index (χ3n) is 1.49. The van der Waals surface area contributed by atoms with E-state index >= 15 is 0 Å². The van der Waals surface area contributed by atoms with Gasteiger partial charge in [-0.25, -0.2) is 0 Å². The second-order valence-electron chi connectivity index (χ2n) is 3.09. The van der Waals surface area contributed by atoms with Gasteiger partial charge in [-0.05, 0) is 11.6 Å². The maximum Gasteiger partial charge on any atom is 0.134 e. The Kier molecular flexibility index (Phi) is 3.05. The molecule has 0 aliphatic heterocycles. The van der Waals surface area contributed by atoms with Gasteiger partial charge in [-0.3, -0.25) is 4.98 Å². The van der Waals surface area contributed by atoms with Gasteiger partial charge in [0.2, 0.25) is 0 Å². The van der Waals surface area contributed by atoms with Crippen molar-refractivity contribution in [2.24, 2.45) is 0 Å². The first kappa shape index (κ1) is 9.00. The van der Waals surface area contributed by atoms with E-state index in [1.807, 2.05) is 0 Å². The lowest BCUT2D eigenvalue weighted by molar-refractivity contribution is 0.470. The summed E-state index contributed by atoms with van der Waals surface area (Å²) >= 11 is 0. The molecule has 0 saturated heterocycles. The summed E-state index contributed by atoms with van der Waals surface area (Å²) in [6.07, 6.45) is 3.17. The zero-order chi connectivity index (χ0) is 8.97. The molecule has 0 amide bonds. The SMILES string of the molecule is CC(C)NCc1cncc(O)c1. The minimum Gasteiger partial charge on any atom is -0.506 e. The fourth-order valence-corrected chi connectivity index (χ4v) is 0.893. The highest BCUT2D eigenvalue weighted by atomic mass is 16.3. The van der Waals surface area contributed by atoms with E-state index in [0.29, 0.717) is 6.04 Å². The highest BCUT2D eigenvalue weighted by Gasteiger charge is 1.96. The number of aromatic nitrogens is 1. The molecule has 1 heterocycles. The summed E-state index contributed by atoms with van der Waals surface area (Å²) < 4.78 is 0. The number of nitrogens with one attached hydrogen (secondary N) is 1. The van der Waals surface area contributed by atoms with E-state index in [1.165, 1.54) is 6.20 Å². The van der Waals surface area contributed by atoms with Crippen LogP contribution in [0.15, 0.2) is 18.5 Å². The summed E-state index contributed by atoms with van der Waals surface area (Å²) in [5.41, 5.74) is 1.00. The Morgan fingerprint density at radius 2 is 2.25 bits per heavy atom. The van der Waals surface area contributed by atoms with Gasteiger partial charge < -0.3 is 10.4 Å². The largest absolute Gasteiger partial charge is 0.506 e. The minimum absolute atomic E-state index is 0.220. The second kappa shape index (κ2) is 4.07. The van der Waals surface area contributed by atoms with Gasteiger partial charge in [0.05, 0.1) is 6.20 Å². The van der Waals surface area contributed by atoms with E-state index < -0.39 is 0 Å². The standard InChI is InChI=1S/C9H14N2O/c1-7(2)11-5-8-3-9(12)6-10-4-8/h3-4,6-7,11-12H,5H2,1-2H3. The molecule has 0 atom stereocenters. The lowest BCUT2D eigenvalue weighted by Crippen LogP contribution is -2.21. The van der Waals surface area contributed by atoms with E-state index in [2.05, 4.69) is 24.1 Å². The van der Waals surface area contributed by atoms with Crippen molar-refractivity contribution in [1.82, 2.24) is 10.3 Å². The molecule has 1 rings (SSSR count). The van der Waals surface area contributed by atoms with E-state index in [0.717, 1.165) is 12.1 Å². The molecule has 0 saturated carbocycles. The molecule has 1 aromatic heterocycles. The Morgan fingerprint density at radius 1 is 1.50 bits per heavy atom. The van der Waals surface area contributed by atoms with Crippen LogP contribution in [0.1, 0.15) is 19.4 Å². The maximum absolute atomic E-state index is 9.09. The molecular formula is C9H14N2O. The van der Waals surface area contributed by atoms with Crippen LogP contribution < -0.4 is 5.32 Å². The maximum atomic E-state index is 9.09. The average molecular weight is 166 g/mol. The third-order valence-corrected chi connectivity index (χ3v) is 1.49. The van der Waals surface area contributed by atoms with Crippen LogP contribution in [-0.2, 0) is 6.54 Å². The third kappa shape index (κ3) is 2.88. The molecule has 66 valence electrons. The highest BCUT2D eigenvalue weighted by molar-refractivity contribution is 5.21. The van der Waals surface area contributed by atoms with Crippen molar-refractivity contribution in [3.63, 3.8) is 0 Å². The number of hydrogen-bond acceptors (Lipinski definition) is 3. The van der Waals surface area contributed by atoms with Gasteiger partial charge >= 0.3 is 0 Å². The van der Waals surface area contributed by atoms with Gasteiger partial charge in [0.25, 0.3) is 0 Å². The summed E-state index contributed by atoms with van der Waals surface area (Å²) in [5, 5.41) is 12.3. The minimum atomic E-state index is 0.220. The molecule has 0 aliphatic carbocycles. The zero-order valence-corrected chi connectivity index (χ0v) is 7.41. The topological polar surface area (TPSA) is 45.2 Å². The highest BCUT2D eigenvalue weighted by Crippen LogP contribution is 2.07. The first-order valence-corrected chi connectivity index (χ1v) is 4.05. The molecule has 12 heavy (non-hydrogen) atoms. The normalized spacial score (nSPS) is 10.6. The first-order valence-electron chi connectivity index (χ1n) is 4.05. The smallest absolute Gasteiger partial charge is 0.134 e. The number of hydrogen-bond donors (Lipinski definition) is 2. The van der Waals surface area contributed by atoms with Crippen LogP contribution in [0.5, 0.6) is 5.75 Å². The lowest BCUT2D eigenvalue weighted by atomic mass is 10.2. The molecule has 3 nitrogen and oxygen atoms in total. The van der Waals surface area contributed by atoms with Crippen molar-refractivity contribution < 1.29 is 5.11 Å². The summed E-state index contributed by atoms with van der Waals surface area (Å²) in [7, 11) is 0. The van der Waals surface area contributed by atoms with Gasteiger partial charge in [-0.15, -0.1) is 0 Å². The first-order chi connectivity index (χ1) is 5.68.